The smallest absolute Gasteiger partial charge is 0.412 e. The van der Waals surface area contributed by atoms with E-state index >= 15 is 0 Å². The van der Waals surface area contributed by atoms with Crippen LogP contribution in [-0.4, -0.2) is 37.4 Å². The van der Waals surface area contributed by atoms with Gasteiger partial charge in [0.15, 0.2) is 11.5 Å². The average molecular weight is 305 g/mol. The van der Waals surface area contributed by atoms with Crippen LogP contribution in [0.25, 0.3) is 0 Å². The van der Waals surface area contributed by atoms with Gasteiger partial charge in [-0.15, -0.1) is 12.4 Å². The highest BCUT2D eigenvalue weighted by Gasteiger charge is 2.15. The lowest BCUT2D eigenvalue weighted by atomic mass is 10.1. The summed E-state index contributed by atoms with van der Waals surface area (Å²) in [6, 6.07) is 3.58. The summed E-state index contributed by atoms with van der Waals surface area (Å²) in [5.74, 6) is -0.724. The molecule has 0 aromatic heterocycles. The molecule has 1 atom stereocenters. The molecule has 20 heavy (non-hydrogen) atoms. The van der Waals surface area contributed by atoms with Gasteiger partial charge in [0, 0.05) is 7.05 Å². The second kappa shape index (κ2) is 8.23. The number of nitrogens with two attached hydrogens (primary N) is 1. The number of aromatic hydroxyl groups is 1. The molecule has 8 heteroatoms. The number of amides is 1. The van der Waals surface area contributed by atoms with Crippen LogP contribution in [0.15, 0.2) is 18.2 Å². The minimum absolute atomic E-state index is 0. The van der Waals surface area contributed by atoms with Crippen molar-refractivity contribution < 1.29 is 24.2 Å². The molecule has 0 unspecified atom stereocenters. The van der Waals surface area contributed by atoms with Crippen molar-refractivity contribution in [1.82, 2.24) is 5.32 Å². The molecule has 0 aliphatic carbocycles. The highest BCUT2D eigenvalue weighted by Crippen LogP contribution is 2.27. The van der Waals surface area contributed by atoms with E-state index in [1.165, 1.54) is 26.3 Å². The van der Waals surface area contributed by atoms with Crippen LogP contribution < -0.4 is 15.8 Å². The Morgan fingerprint density at radius 3 is 2.60 bits per heavy atom. The van der Waals surface area contributed by atoms with Crippen molar-refractivity contribution >= 4 is 24.5 Å². The number of benzene rings is 1. The Morgan fingerprint density at radius 1 is 1.45 bits per heavy atom. The minimum Gasteiger partial charge on any atom is -0.504 e. The average Bonchev–Trinajstić information content (AvgIpc) is 2.40. The molecular weight excluding hydrogens is 288 g/mol. The summed E-state index contributed by atoms with van der Waals surface area (Å²) in [5.41, 5.74) is 6.22. The van der Waals surface area contributed by atoms with Crippen LogP contribution in [-0.2, 0) is 16.0 Å². The van der Waals surface area contributed by atoms with Crippen LogP contribution in [0, 0.1) is 0 Å². The van der Waals surface area contributed by atoms with Crippen molar-refractivity contribution in [3.63, 3.8) is 0 Å². The predicted octanol–water partition coefficient (Wildman–Crippen LogP) is 0.575. The summed E-state index contributed by atoms with van der Waals surface area (Å²) in [7, 11) is 2.66. The molecule has 1 rings (SSSR count). The lowest BCUT2D eigenvalue weighted by molar-refractivity contribution is -0.142. The van der Waals surface area contributed by atoms with Crippen LogP contribution in [0.4, 0.5) is 4.79 Å². The normalized spacial score (nSPS) is 10.9. The van der Waals surface area contributed by atoms with Crippen molar-refractivity contribution in [3.05, 3.63) is 23.8 Å². The number of nitrogens with one attached hydrogen (secondary N) is 1. The van der Waals surface area contributed by atoms with Gasteiger partial charge in [0.1, 0.15) is 6.04 Å². The maximum absolute atomic E-state index is 11.2. The summed E-state index contributed by atoms with van der Waals surface area (Å²) in [6.45, 7) is 0. The Bertz CT molecular complexity index is 481. The van der Waals surface area contributed by atoms with E-state index in [0.29, 0.717) is 5.56 Å². The first-order valence-corrected chi connectivity index (χ1v) is 5.52. The quantitative estimate of drug-likeness (QED) is 0.702. The van der Waals surface area contributed by atoms with E-state index in [1.54, 1.807) is 6.07 Å². The fraction of sp³-hybridized carbons (Fsp3) is 0.333. The zero-order chi connectivity index (χ0) is 14.4. The van der Waals surface area contributed by atoms with Gasteiger partial charge in [-0.3, -0.25) is 4.79 Å². The summed E-state index contributed by atoms with van der Waals surface area (Å²) >= 11 is 0. The summed E-state index contributed by atoms with van der Waals surface area (Å²) in [4.78, 5) is 22.2. The zero-order valence-electron chi connectivity index (χ0n) is 11.1. The number of carbonyl (C=O) groups is 2. The highest BCUT2D eigenvalue weighted by atomic mass is 35.5. The molecule has 0 aliphatic heterocycles. The molecule has 1 aromatic rings. The van der Waals surface area contributed by atoms with E-state index in [9.17, 15) is 14.7 Å². The summed E-state index contributed by atoms with van der Waals surface area (Å²) in [5, 5.41) is 11.9. The summed E-state index contributed by atoms with van der Waals surface area (Å²) in [6.07, 6.45) is -0.477. The lowest BCUT2D eigenvalue weighted by Gasteiger charge is -2.11. The maximum atomic E-state index is 11.2. The first-order chi connectivity index (χ1) is 8.97. The zero-order valence-corrected chi connectivity index (χ0v) is 11.9. The monoisotopic (exact) mass is 304 g/mol. The number of methoxy groups -OCH3 is 1. The molecule has 0 saturated heterocycles. The Balaban J connectivity index is 0.00000361. The molecule has 0 spiro atoms. The third-order valence-electron chi connectivity index (χ3n) is 2.39. The molecular formula is C12H17ClN2O5. The first kappa shape index (κ1) is 18.0. The molecule has 0 heterocycles. The van der Waals surface area contributed by atoms with Crippen LogP contribution in [0.3, 0.4) is 0 Å². The molecule has 0 saturated carbocycles. The first-order valence-electron chi connectivity index (χ1n) is 5.52. The maximum Gasteiger partial charge on any atom is 0.412 e. The lowest BCUT2D eigenvalue weighted by Crippen LogP contribution is -2.33. The van der Waals surface area contributed by atoms with Crippen LogP contribution in [0.2, 0.25) is 0 Å². The predicted molar refractivity (Wildman–Crippen MR) is 74.1 cm³/mol. The Kier molecular flexibility index (Phi) is 7.42. The van der Waals surface area contributed by atoms with E-state index in [0.717, 1.165) is 0 Å². The molecule has 112 valence electrons. The molecule has 1 aromatic carbocycles. The van der Waals surface area contributed by atoms with Crippen molar-refractivity contribution in [3.8, 4) is 11.5 Å². The highest BCUT2D eigenvalue weighted by molar-refractivity contribution is 5.85. The van der Waals surface area contributed by atoms with Gasteiger partial charge in [0.25, 0.3) is 0 Å². The standard InChI is InChI=1S/C12H16N2O5.ClH/c1-14-12(17)19-10-4-3-7(6-9(10)15)5-8(13)11(16)18-2;/h3-4,6,8,15H,5,13H2,1-2H3,(H,14,17);1H/t8-;/m0./s1. The number of esters is 1. The van der Waals surface area contributed by atoms with Crippen molar-refractivity contribution in [2.45, 2.75) is 12.5 Å². The number of hydrogen-bond acceptors (Lipinski definition) is 6. The van der Waals surface area contributed by atoms with Gasteiger partial charge in [-0.25, -0.2) is 4.79 Å². The molecule has 0 aliphatic rings. The van der Waals surface area contributed by atoms with Gasteiger partial charge < -0.3 is 25.6 Å². The number of phenolic OH excluding ortho intramolecular Hbond substituents is 1. The van der Waals surface area contributed by atoms with Gasteiger partial charge in [0.2, 0.25) is 0 Å². The Labute approximate surface area is 122 Å². The summed E-state index contributed by atoms with van der Waals surface area (Å²) < 4.78 is 9.30. The van der Waals surface area contributed by atoms with Gasteiger partial charge in [-0.2, -0.15) is 0 Å². The van der Waals surface area contributed by atoms with E-state index in [4.69, 9.17) is 10.5 Å². The molecule has 7 nitrogen and oxygen atoms in total. The molecule has 4 N–H and O–H groups in total. The second-order valence-corrected chi connectivity index (χ2v) is 3.78. The van der Waals surface area contributed by atoms with Crippen LogP contribution in [0.5, 0.6) is 11.5 Å². The van der Waals surface area contributed by atoms with Gasteiger partial charge in [-0.1, -0.05) is 6.07 Å². The number of hydrogen-bond donors (Lipinski definition) is 3. The van der Waals surface area contributed by atoms with Crippen LogP contribution >= 0.6 is 12.4 Å². The van der Waals surface area contributed by atoms with Gasteiger partial charge >= 0.3 is 12.1 Å². The van der Waals surface area contributed by atoms with E-state index < -0.39 is 18.1 Å². The minimum atomic E-state index is -0.810. The molecule has 0 fully saturated rings. The van der Waals surface area contributed by atoms with E-state index in [1.807, 2.05) is 0 Å². The molecule has 1 amide bonds. The SMILES string of the molecule is CNC(=O)Oc1ccc(C[C@H](N)C(=O)OC)cc1O.Cl. The van der Waals surface area contributed by atoms with Crippen molar-refractivity contribution in [1.29, 1.82) is 0 Å². The van der Waals surface area contributed by atoms with Crippen LogP contribution in [0.1, 0.15) is 5.56 Å². The number of carbonyl (C=O) groups excluding carboxylic acids is 2. The number of phenols is 1. The third kappa shape index (κ3) is 4.94. The third-order valence-corrected chi connectivity index (χ3v) is 2.39. The number of rotatable bonds is 4. The van der Waals surface area contributed by atoms with Crippen molar-refractivity contribution in [2.75, 3.05) is 14.2 Å². The fourth-order valence-electron chi connectivity index (χ4n) is 1.42. The number of halogens is 1. The van der Waals surface area contributed by atoms with E-state index in [2.05, 4.69) is 10.1 Å². The molecule has 0 radical (unpaired) electrons. The molecule has 0 bridgehead atoms. The Morgan fingerprint density at radius 2 is 2.10 bits per heavy atom. The topological polar surface area (TPSA) is 111 Å². The second-order valence-electron chi connectivity index (χ2n) is 3.78. The van der Waals surface area contributed by atoms with Gasteiger partial charge in [0.05, 0.1) is 7.11 Å². The van der Waals surface area contributed by atoms with Crippen molar-refractivity contribution in [2.24, 2.45) is 5.73 Å². The Hall–Kier alpha value is -1.99. The fourth-order valence-corrected chi connectivity index (χ4v) is 1.42. The van der Waals surface area contributed by atoms with Gasteiger partial charge in [-0.05, 0) is 24.1 Å². The number of ether oxygens (including phenoxy) is 2. The van der Waals surface area contributed by atoms with E-state index in [-0.39, 0.29) is 30.3 Å². The largest absolute Gasteiger partial charge is 0.504 e.